The van der Waals surface area contributed by atoms with Crippen LogP contribution >= 0.6 is 12.2 Å². The molecular weight excluding hydrogens is 137 g/mol. The number of rotatable bonds is 0. The first-order chi connectivity index (χ1) is 2.73. The molecule has 0 atom stereocenters. The molecule has 0 spiro atoms. The van der Waals surface area contributed by atoms with Gasteiger partial charge in [0.1, 0.15) is 0 Å². The van der Waals surface area contributed by atoms with E-state index >= 15 is 0 Å². The molecule has 0 aliphatic heterocycles. The standard InChI is InChI=1S/CH4N2S.CN.K/c2-1(3)4;1-2;/h(H4,2,3,4);;/q;-1;+1. The minimum atomic E-state index is 0. The Hall–Kier alpha value is 0.816. The van der Waals surface area contributed by atoms with E-state index in [0.717, 1.165) is 0 Å². The van der Waals surface area contributed by atoms with Crippen LogP contribution in [0.15, 0.2) is 0 Å². The van der Waals surface area contributed by atoms with Crippen LogP contribution in [0.4, 0.5) is 0 Å². The molecule has 0 rings (SSSR count). The van der Waals surface area contributed by atoms with E-state index in [4.69, 9.17) is 11.8 Å². The van der Waals surface area contributed by atoms with E-state index in [2.05, 4.69) is 23.7 Å². The van der Waals surface area contributed by atoms with Crippen molar-refractivity contribution in [2.24, 2.45) is 11.5 Å². The first kappa shape index (κ1) is 15.7. The summed E-state index contributed by atoms with van der Waals surface area (Å²) in [6.45, 7) is 4.75. The molecule has 0 amide bonds. The number of thiocarbonyl (C=S) groups is 1. The van der Waals surface area contributed by atoms with Crippen LogP contribution in [-0.2, 0) is 0 Å². The largest absolute Gasteiger partial charge is 1.00 e. The van der Waals surface area contributed by atoms with Crippen LogP contribution < -0.4 is 62.9 Å². The van der Waals surface area contributed by atoms with Crippen molar-refractivity contribution >= 4 is 17.3 Å². The molecular formula is C2H4KN3S. The smallest absolute Gasteiger partial charge is 0.512 e. The third-order valence-corrected chi connectivity index (χ3v) is 0. The fourth-order valence-electron chi connectivity index (χ4n) is 0. The molecule has 0 aliphatic rings. The van der Waals surface area contributed by atoms with Crippen molar-refractivity contribution in [2.45, 2.75) is 0 Å². The molecule has 0 radical (unpaired) electrons. The third kappa shape index (κ3) is 237. The molecule has 0 aromatic rings. The van der Waals surface area contributed by atoms with Crippen LogP contribution in [0.25, 0.3) is 0 Å². The Morgan fingerprint density at radius 1 is 1.43 bits per heavy atom. The van der Waals surface area contributed by atoms with Crippen LogP contribution in [0.3, 0.4) is 0 Å². The molecule has 0 unspecified atom stereocenters. The quantitative estimate of drug-likeness (QED) is 0.207. The summed E-state index contributed by atoms with van der Waals surface area (Å²) in [6.07, 6.45) is 0. The fraction of sp³-hybridized carbons (Fsp3) is 0. The molecule has 0 heterocycles. The van der Waals surface area contributed by atoms with Crippen LogP contribution in [0.1, 0.15) is 0 Å². The van der Waals surface area contributed by atoms with Gasteiger partial charge in [0, 0.05) is 0 Å². The van der Waals surface area contributed by atoms with Crippen LogP contribution in [0.2, 0.25) is 0 Å². The van der Waals surface area contributed by atoms with E-state index in [1.807, 2.05) is 0 Å². The molecule has 0 saturated heterocycles. The van der Waals surface area contributed by atoms with E-state index in [1.165, 1.54) is 0 Å². The molecule has 4 N–H and O–H groups in total. The van der Waals surface area contributed by atoms with Gasteiger partial charge in [-0.1, -0.05) is 0 Å². The summed E-state index contributed by atoms with van der Waals surface area (Å²) in [5, 5.41) is 6.25. The van der Waals surface area contributed by atoms with Crippen molar-refractivity contribution in [3.05, 3.63) is 6.57 Å². The van der Waals surface area contributed by atoms with Crippen LogP contribution in [0, 0.1) is 11.8 Å². The van der Waals surface area contributed by atoms with Crippen molar-refractivity contribution in [1.82, 2.24) is 0 Å². The van der Waals surface area contributed by atoms with Crippen molar-refractivity contribution in [3.63, 3.8) is 0 Å². The number of nitrogens with zero attached hydrogens (tertiary/aromatic N) is 1. The molecule has 0 bridgehead atoms. The van der Waals surface area contributed by atoms with E-state index in [1.54, 1.807) is 0 Å². The van der Waals surface area contributed by atoms with Gasteiger partial charge in [-0.05, 0) is 12.2 Å². The first-order valence-electron chi connectivity index (χ1n) is 1.01. The molecule has 0 saturated carbocycles. The monoisotopic (exact) mass is 141 g/mol. The van der Waals surface area contributed by atoms with E-state index in [-0.39, 0.29) is 56.5 Å². The first-order valence-corrected chi connectivity index (χ1v) is 1.41. The Morgan fingerprint density at radius 2 is 1.43 bits per heavy atom. The second kappa shape index (κ2) is 15.8. The summed E-state index contributed by atoms with van der Waals surface area (Å²) < 4.78 is 0. The maximum atomic E-state index is 6.25. The fourth-order valence-corrected chi connectivity index (χ4v) is 0. The van der Waals surface area contributed by atoms with Gasteiger partial charge in [-0.25, -0.2) is 0 Å². The molecule has 0 aliphatic carbocycles. The van der Waals surface area contributed by atoms with E-state index < -0.39 is 0 Å². The molecule has 0 aromatic carbocycles. The SMILES string of the molecule is NC(N)=S.[C-]#N.[K+]. The maximum Gasteiger partial charge on any atom is 1.00 e. The number of hydrogen-bond acceptors (Lipinski definition) is 2. The summed E-state index contributed by atoms with van der Waals surface area (Å²) in [6, 6.07) is 0. The summed E-state index contributed by atoms with van der Waals surface area (Å²) in [4.78, 5) is 0. The summed E-state index contributed by atoms with van der Waals surface area (Å²) in [7, 11) is 0. The second-order valence-corrected chi connectivity index (χ2v) is 0.874. The zero-order valence-electron chi connectivity index (χ0n) is 4.01. The van der Waals surface area contributed by atoms with Gasteiger partial charge in [-0.3, -0.25) is 0 Å². The minimum Gasteiger partial charge on any atom is -0.512 e. The number of hydrogen-bond donors (Lipinski definition) is 2. The summed E-state index contributed by atoms with van der Waals surface area (Å²) in [5.74, 6) is 0. The number of nitrogens with two attached hydrogens (primary N) is 2. The Bertz CT molecular complexity index is 57.2. The second-order valence-electron chi connectivity index (χ2n) is 0.402. The van der Waals surface area contributed by atoms with Gasteiger partial charge in [-0.2, -0.15) is 0 Å². The zero-order chi connectivity index (χ0) is 5.58. The summed E-state index contributed by atoms with van der Waals surface area (Å²) >= 11 is 4.09. The van der Waals surface area contributed by atoms with Gasteiger partial charge in [0.2, 0.25) is 0 Å². The Morgan fingerprint density at radius 3 is 1.43 bits per heavy atom. The van der Waals surface area contributed by atoms with E-state index in [0.29, 0.717) is 0 Å². The van der Waals surface area contributed by atoms with Gasteiger partial charge < -0.3 is 23.3 Å². The average Bonchev–Trinajstić information content (AvgIpc) is 1.41. The average molecular weight is 141 g/mol. The van der Waals surface area contributed by atoms with Gasteiger partial charge in [0.25, 0.3) is 0 Å². The van der Waals surface area contributed by atoms with Crippen molar-refractivity contribution in [1.29, 1.82) is 5.26 Å². The molecule has 3 nitrogen and oxygen atoms in total. The van der Waals surface area contributed by atoms with Gasteiger partial charge in [-0.15, -0.1) is 0 Å². The van der Waals surface area contributed by atoms with Gasteiger partial charge in [0.15, 0.2) is 5.11 Å². The topological polar surface area (TPSA) is 75.8 Å². The predicted octanol–water partition coefficient (Wildman–Crippen LogP) is -3.71. The molecule has 0 fully saturated rings. The van der Waals surface area contributed by atoms with Crippen molar-refractivity contribution in [3.8, 4) is 0 Å². The molecule has 0 aromatic heterocycles. The van der Waals surface area contributed by atoms with Crippen molar-refractivity contribution < 1.29 is 51.4 Å². The van der Waals surface area contributed by atoms with Crippen LogP contribution in [-0.4, -0.2) is 5.11 Å². The van der Waals surface area contributed by atoms with Gasteiger partial charge in [0.05, 0.1) is 0 Å². The Labute approximate surface area is 90.5 Å². The van der Waals surface area contributed by atoms with Crippen LogP contribution in [0.5, 0.6) is 0 Å². The Balaban J connectivity index is -0.0000000480. The zero-order valence-corrected chi connectivity index (χ0v) is 7.95. The maximum absolute atomic E-state index is 6.25. The molecule has 7 heavy (non-hydrogen) atoms. The Kier molecular flexibility index (Phi) is 35.4. The minimum absolute atomic E-state index is 0. The van der Waals surface area contributed by atoms with Crippen molar-refractivity contribution in [2.75, 3.05) is 0 Å². The van der Waals surface area contributed by atoms with E-state index in [9.17, 15) is 0 Å². The summed E-state index contributed by atoms with van der Waals surface area (Å²) in [5.41, 5.74) is 9.24. The molecule has 5 heteroatoms. The normalized spacial score (nSPS) is 3.71. The molecule has 34 valence electrons. The van der Waals surface area contributed by atoms with Gasteiger partial charge >= 0.3 is 51.4 Å². The third-order valence-electron chi connectivity index (χ3n) is 0. The predicted molar refractivity (Wildman–Crippen MR) is 25.9 cm³/mol.